The Balaban J connectivity index is 3.61. The van der Waals surface area contributed by atoms with Gasteiger partial charge in [-0.15, -0.1) is 0 Å². The molecule has 1 amide bonds. The van der Waals surface area contributed by atoms with Crippen LogP contribution in [0.5, 0.6) is 0 Å². The van der Waals surface area contributed by atoms with Gasteiger partial charge in [-0.05, 0) is 0 Å². The quantitative estimate of drug-likeness (QED) is 0.368. The normalized spacial score (nSPS) is 13.4. The second kappa shape index (κ2) is 8.01. The Labute approximate surface area is 112 Å². The molecular weight excluding hydrogens is 495 g/mol. The summed E-state index contributed by atoms with van der Waals surface area (Å²) in [6.07, 6.45) is 0. The van der Waals surface area contributed by atoms with Gasteiger partial charge in [0.2, 0.25) is 0 Å². The van der Waals surface area contributed by atoms with E-state index in [1.165, 1.54) is 8.86 Å². The molecule has 1 N–H and O–H groups in total. The minimum absolute atomic E-state index is 0.0569. The van der Waals surface area contributed by atoms with Gasteiger partial charge in [0.1, 0.15) is 0 Å². The van der Waals surface area contributed by atoms with Crippen LogP contribution in [0.3, 0.4) is 0 Å². The van der Waals surface area contributed by atoms with E-state index < -0.39 is 0 Å². The van der Waals surface area contributed by atoms with Crippen molar-refractivity contribution in [2.45, 2.75) is 21.8 Å². The molecule has 0 fully saturated rings. The average Bonchev–Trinajstić information content (AvgIpc) is 1.98. The first-order valence-corrected chi connectivity index (χ1v) is 9.20. The number of hydrogen-bond acceptors (Lipinski definition) is 1. The summed E-state index contributed by atoms with van der Waals surface area (Å²) in [5.41, 5.74) is 0. The summed E-state index contributed by atoms with van der Waals surface area (Å²) in [5, 5.41) is 2.93. The predicted octanol–water partition coefficient (Wildman–Crippen LogP) is -1.20. The van der Waals surface area contributed by atoms with Gasteiger partial charge in [-0.2, -0.15) is 0 Å². The van der Waals surface area contributed by atoms with Crippen LogP contribution in [0.15, 0.2) is 0 Å². The zero-order chi connectivity index (χ0) is 9.56. The second-order valence-electron chi connectivity index (χ2n) is 2.50. The molecule has 0 saturated carbocycles. The first kappa shape index (κ1) is 13.7. The van der Waals surface area contributed by atoms with Crippen LogP contribution in [0.25, 0.3) is 0 Å². The Morgan fingerprint density at radius 3 is 2.58 bits per heavy atom. The number of carbonyl (C=O) groups is 1. The Morgan fingerprint density at radius 1 is 1.58 bits per heavy atom. The molecule has 1 unspecified atom stereocenters. The molecule has 0 aromatic heterocycles. The number of alkyl halides is 4. The summed E-state index contributed by atoms with van der Waals surface area (Å²) in [6, 6.07) is 0.276. The molecule has 0 saturated heterocycles. The van der Waals surface area contributed by atoms with Gasteiger partial charge in [0, 0.05) is 0 Å². The van der Waals surface area contributed by atoms with E-state index in [0.29, 0.717) is 0 Å². The summed E-state index contributed by atoms with van der Waals surface area (Å²) >= 11 is 4.68. The van der Waals surface area contributed by atoms with Crippen molar-refractivity contribution in [2.75, 3.05) is 8.86 Å². The van der Waals surface area contributed by atoms with Gasteiger partial charge in [-0.3, -0.25) is 0 Å². The standard InChI is InChI=1S/C7H13I3NO/c1-5(2)11-7(12)6(9)10-4-3-8/h5-6H,3-4H2,1-2H3,(H,11,12)/q-1. The summed E-state index contributed by atoms with van der Waals surface area (Å²) in [5.74, 6) is 0.225. The van der Waals surface area contributed by atoms with Crippen molar-refractivity contribution in [3.63, 3.8) is 0 Å². The van der Waals surface area contributed by atoms with E-state index in [9.17, 15) is 4.79 Å². The number of amides is 1. The summed E-state index contributed by atoms with van der Waals surface area (Å²) in [4.78, 5) is 11.4. The zero-order valence-corrected chi connectivity index (χ0v) is 13.6. The van der Waals surface area contributed by atoms with Crippen LogP contribution in [-0.4, -0.2) is 22.7 Å². The SMILES string of the molecule is CC(C)NC(=O)C(I)[I-]CCI. The molecule has 12 heavy (non-hydrogen) atoms. The van der Waals surface area contributed by atoms with Crippen LogP contribution in [-0.2, 0) is 4.79 Å². The van der Waals surface area contributed by atoms with E-state index in [1.54, 1.807) is 0 Å². The van der Waals surface area contributed by atoms with Gasteiger partial charge in [0.15, 0.2) is 0 Å². The molecule has 2 nitrogen and oxygen atoms in total. The maximum atomic E-state index is 11.4. The molecule has 0 rings (SSSR count). The number of nitrogens with one attached hydrogen (secondary N) is 1. The second-order valence-corrected chi connectivity index (χ2v) is 10.4. The van der Waals surface area contributed by atoms with E-state index in [-0.39, 0.29) is 35.1 Å². The first-order valence-electron chi connectivity index (χ1n) is 3.66. The van der Waals surface area contributed by atoms with Crippen LogP contribution in [0, 0.1) is 0 Å². The van der Waals surface area contributed by atoms with Crippen molar-refractivity contribution in [3.05, 3.63) is 0 Å². The predicted molar refractivity (Wildman–Crippen MR) is 64.8 cm³/mol. The minimum atomic E-state index is 0.0569. The first-order chi connectivity index (χ1) is 5.57. The van der Waals surface area contributed by atoms with Crippen LogP contribution in [0.1, 0.15) is 13.8 Å². The number of rotatable bonds is 5. The van der Waals surface area contributed by atoms with Crippen LogP contribution < -0.4 is 26.5 Å². The van der Waals surface area contributed by atoms with Gasteiger partial charge in [-0.25, -0.2) is 0 Å². The summed E-state index contributed by atoms with van der Waals surface area (Å²) in [6.45, 7) is 4.00. The van der Waals surface area contributed by atoms with Crippen molar-refractivity contribution in [3.8, 4) is 0 Å². The van der Waals surface area contributed by atoms with Gasteiger partial charge in [0.25, 0.3) is 0 Å². The van der Waals surface area contributed by atoms with Gasteiger partial charge >= 0.3 is 113 Å². The van der Waals surface area contributed by atoms with Crippen LogP contribution in [0.4, 0.5) is 0 Å². The molecular formula is C7H13I3NO-. The van der Waals surface area contributed by atoms with E-state index >= 15 is 0 Å². The fourth-order valence-corrected chi connectivity index (χ4v) is 5.25. The number of halogens is 3. The Kier molecular flexibility index (Phi) is 9.12. The third-order valence-corrected chi connectivity index (χ3v) is 8.85. The molecule has 0 radical (unpaired) electrons. The van der Waals surface area contributed by atoms with E-state index in [0.717, 1.165) is 0 Å². The molecule has 0 aliphatic heterocycles. The Morgan fingerprint density at radius 2 is 2.17 bits per heavy atom. The van der Waals surface area contributed by atoms with Gasteiger partial charge in [0.05, 0.1) is 0 Å². The van der Waals surface area contributed by atoms with Gasteiger partial charge in [-0.1, -0.05) is 0 Å². The number of carbonyl (C=O) groups excluding carboxylic acids is 1. The van der Waals surface area contributed by atoms with E-state index in [4.69, 9.17) is 0 Å². The molecule has 0 aliphatic rings. The molecule has 0 aliphatic carbocycles. The van der Waals surface area contributed by atoms with Gasteiger partial charge < -0.3 is 0 Å². The van der Waals surface area contributed by atoms with E-state index in [1.807, 2.05) is 13.8 Å². The third-order valence-electron chi connectivity index (χ3n) is 0.945. The third kappa shape index (κ3) is 7.10. The van der Waals surface area contributed by atoms with Crippen LogP contribution in [0.2, 0.25) is 0 Å². The van der Waals surface area contributed by atoms with E-state index in [2.05, 4.69) is 50.5 Å². The van der Waals surface area contributed by atoms with Crippen molar-refractivity contribution in [1.82, 2.24) is 5.32 Å². The van der Waals surface area contributed by atoms with Crippen molar-refractivity contribution < 1.29 is 26.0 Å². The molecule has 0 bridgehead atoms. The maximum absolute atomic E-state index is 11.4. The molecule has 0 spiro atoms. The Hall–Kier alpha value is 1.66. The fraction of sp³-hybridized carbons (Fsp3) is 0.857. The zero-order valence-electron chi connectivity index (χ0n) is 7.11. The fourth-order valence-electron chi connectivity index (χ4n) is 0.555. The van der Waals surface area contributed by atoms with Crippen molar-refractivity contribution >= 4 is 51.1 Å². The molecule has 5 heteroatoms. The molecule has 0 aromatic carbocycles. The van der Waals surface area contributed by atoms with Crippen molar-refractivity contribution in [1.29, 1.82) is 0 Å². The monoisotopic (exact) mass is 508 g/mol. The molecule has 74 valence electrons. The number of hydrogen-bond donors (Lipinski definition) is 1. The molecule has 0 heterocycles. The topological polar surface area (TPSA) is 29.1 Å². The van der Waals surface area contributed by atoms with Crippen LogP contribution >= 0.6 is 45.2 Å². The summed E-state index contributed by atoms with van der Waals surface area (Å²) in [7, 11) is 0. The summed E-state index contributed by atoms with van der Waals surface area (Å²) < 4.78 is 2.66. The average molecular weight is 508 g/mol. The molecule has 1 atom stereocenters. The van der Waals surface area contributed by atoms with Crippen molar-refractivity contribution in [2.24, 2.45) is 0 Å². The Bertz CT molecular complexity index is 141. The molecule has 0 aromatic rings.